The van der Waals surface area contributed by atoms with E-state index in [0.717, 1.165) is 0 Å². The maximum Gasteiger partial charge on any atom is 0.236 e. The molecule has 0 aliphatic carbocycles. The van der Waals surface area contributed by atoms with Crippen molar-refractivity contribution in [1.82, 2.24) is 25.0 Å². The van der Waals surface area contributed by atoms with Gasteiger partial charge in [0.2, 0.25) is 11.0 Å². The molecular weight excluding hydrogens is 412 g/mol. The fourth-order valence-corrected chi connectivity index (χ4v) is 3.96. The van der Waals surface area contributed by atoms with E-state index in [1.54, 1.807) is 12.6 Å². The van der Waals surface area contributed by atoms with Gasteiger partial charge in [-0.25, -0.2) is 0 Å². The Bertz CT molecular complexity index is 945. The van der Waals surface area contributed by atoms with Crippen molar-refractivity contribution in [3.05, 3.63) is 35.6 Å². The molecule has 29 heavy (non-hydrogen) atoms. The zero-order chi connectivity index (χ0) is 20.8. The minimum Gasteiger partial charge on any atom is -0.493 e. The molecule has 0 bridgehead atoms. The van der Waals surface area contributed by atoms with Gasteiger partial charge in [-0.2, -0.15) is 0 Å². The Kier molecular flexibility index (Phi) is 7.04. The van der Waals surface area contributed by atoms with Crippen LogP contribution in [0.5, 0.6) is 11.5 Å². The van der Waals surface area contributed by atoms with Gasteiger partial charge in [0.25, 0.3) is 0 Å². The van der Waals surface area contributed by atoms with Gasteiger partial charge in [-0.05, 0) is 32.9 Å². The van der Waals surface area contributed by atoms with E-state index >= 15 is 0 Å². The number of carbonyl (C=O) groups excluding carboxylic acids is 1. The van der Waals surface area contributed by atoms with E-state index in [2.05, 4.69) is 25.7 Å². The van der Waals surface area contributed by atoms with Crippen LogP contribution in [0.1, 0.15) is 38.7 Å². The van der Waals surface area contributed by atoms with Crippen LogP contribution >= 0.6 is 23.1 Å². The topological polar surface area (TPSA) is 104 Å². The largest absolute Gasteiger partial charge is 0.493 e. The van der Waals surface area contributed by atoms with Crippen LogP contribution in [0, 0.1) is 0 Å². The molecule has 0 aliphatic heterocycles. The van der Waals surface area contributed by atoms with Gasteiger partial charge in [-0.1, -0.05) is 35.2 Å². The highest BCUT2D eigenvalue weighted by Crippen LogP contribution is 2.32. The smallest absolute Gasteiger partial charge is 0.236 e. The summed E-state index contributed by atoms with van der Waals surface area (Å²) in [5, 5.41) is 19.9. The van der Waals surface area contributed by atoms with Crippen molar-refractivity contribution in [3.63, 3.8) is 0 Å². The normalized spacial score (nSPS) is 12.0. The molecule has 0 aliphatic rings. The average Bonchev–Trinajstić information content (AvgIpc) is 3.36. The van der Waals surface area contributed by atoms with Gasteiger partial charge in [0.05, 0.1) is 12.9 Å². The minimum atomic E-state index is -0.356. The molecule has 2 heterocycles. The van der Waals surface area contributed by atoms with Crippen LogP contribution in [0.15, 0.2) is 34.9 Å². The summed E-state index contributed by atoms with van der Waals surface area (Å²) in [6.07, 6.45) is -0.356. The van der Waals surface area contributed by atoms with Crippen LogP contribution in [-0.4, -0.2) is 43.7 Å². The molecule has 0 saturated carbocycles. The Morgan fingerprint density at radius 3 is 2.62 bits per heavy atom. The third kappa shape index (κ3) is 5.24. The Balaban J connectivity index is 1.71. The number of methoxy groups -OCH3 is 1. The number of benzene rings is 1. The van der Waals surface area contributed by atoms with E-state index in [-0.39, 0.29) is 23.8 Å². The van der Waals surface area contributed by atoms with Crippen LogP contribution in [0.4, 0.5) is 5.13 Å². The Morgan fingerprint density at radius 2 is 1.97 bits per heavy atom. The lowest BCUT2D eigenvalue weighted by Crippen LogP contribution is -2.16. The number of thioether (sulfide) groups is 1. The highest BCUT2D eigenvalue weighted by atomic mass is 32.2. The van der Waals surface area contributed by atoms with E-state index in [4.69, 9.17) is 9.47 Å². The van der Waals surface area contributed by atoms with E-state index in [1.807, 2.05) is 49.6 Å². The molecule has 9 nitrogen and oxygen atoms in total. The molecule has 1 atom stereocenters. The molecule has 154 valence electrons. The van der Waals surface area contributed by atoms with Gasteiger partial charge in [0, 0.05) is 6.04 Å². The SMILES string of the molecule is COc1ccccc1OC(C)c1nnc(SCC(=O)Nc2nncs2)n1C(C)C. The predicted molar refractivity (Wildman–Crippen MR) is 112 cm³/mol. The molecule has 1 aromatic carbocycles. The summed E-state index contributed by atoms with van der Waals surface area (Å²) in [6, 6.07) is 7.55. The number of carbonyl (C=O) groups is 1. The summed E-state index contributed by atoms with van der Waals surface area (Å²) in [4.78, 5) is 12.1. The van der Waals surface area contributed by atoms with Crippen molar-refractivity contribution in [2.45, 2.75) is 38.1 Å². The molecule has 1 N–H and O–H groups in total. The van der Waals surface area contributed by atoms with Crippen LogP contribution in [0.25, 0.3) is 0 Å². The highest BCUT2D eigenvalue weighted by molar-refractivity contribution is 7.99. The average molecular weight is 435 g/mol. The van der Waals surface area contributed by atoms with E-state index < -0.39 is 0 Å². The second-order valence-corrected chi connectivity index (χ2v) is 8.07. The summed E-state index contributed by atoms with van der Waals surface area (Å²) in [7, 11) is 1.60. The Morgan fingerprint density at radius 1 is 1.21 bits per heavy atom. The quantitative estimate of drug-likeness (QED) is 0.510. The molecule has 2 aromatic heterocycles. The first kappa shape index (κ1) is 21.1. The number of amides is 1. The van der Waals surface area contributed by atoms with Crippen molar-refractivity contribution in [1.29, 1.82) is 0 Å². The minimum absolute atomic E-state index is 0.0949. The van der Waals surface area contributed by atoms with Gasteiger partial charge in [-0.3, -0.25) is 10.1 Å². The van der Waals surface area contributed by atoms with Crippen LogP contribution in [0.3, 0.4) is 0 Å². The first-order valence-corrected chi connectivity index (χ1v) is 10.8. The first-order valence-electron chi connectivity index (χ1n) is 8.93. The van der Waals surface area contributed by atoms with Crippen LogP contribution < -0.4 is 14.8 Å². The molecule has 0 spiro atoms. The standard InChI is InChI=1S/C18H22N6O3S2/c1-11(2)24-16(12(3)27-14-8-6-5-7-13(14)26-4)21-23-18(24)28-9-15(25)20-17-22-19-10-29-17/h5-8,10-12H,9H2,1-4H3,(H,20,22,25). The van der Waals surface area contributed by atoms with Gasteiger partial charge >= 0.3 is 0 Å². The molecule has 1 amide bonds. The van der Waals surface area contributed by atoms with Crippen molar-refractivity contribution < 1.29 is 14.3 Å². The maximum absolute atomic E-state index is 12.1. The lowest BCUT2D eigenvalue weighted by atomic mass is 10.3. The fraction of sp³-hybridized carbons (Fsp3) is 0.389. The lowest BCUT2D eigenvalue weighted by molar-refractivity contribution is -0.113. The molecular formula is C18H22N6O3S2. The second kappa shape index (κ2) is 9.70. The molecule has 3 rings (SSSR count). The molecule has 1 unspecified atom stereocenters. The molecule has 0 fully saturated rings. The lowest BCUT2D eigenvalue weighted by Gasteiger charge is -2.19. The summed E-state index contributed by atoms with van der Waals surface area (Å²) >= 11 is 2.58. The number of para-hydroxylation sites is 2. The van der Waals surface area contributed by atoms with Crippen LogP contribution in [0.2, 0.25) is 0 Å². The van der Waals surface area contributed by atoms with Crippen LogP contribution in [-0.2, 0) is 4.79 Å². The fourth-order valence-electron chi connectivity index (χ4n) is 2.62. The zero-order valence-electron chi connectivity index (χ0n) is 16.5. The number of hydrogen-bond donors (Lipinski definition) is 1. The molecule has 0 saturated heterocycles. The molecule has 3 aromatic rings. The summed E-state index contributed by atoms with van der Waals surface area (Å²) in [6.45, 7) is 5.98. The van der Waals surface area contributed by atoms with Crippen molar-refractivity contribution >= 4 is 34.1 Å². The zero-order valence-corrected chi connectivity index (χ0v) is 18.2. The summed E-state index contributed by atoms with van der Waals surface area (Å²) in [5.74, 6) is 1.97. The predicted octanol–water partition coefficient (Wildman–Crippen LogP) is 3.59. The Labute approximate surface area is 176 Å². The van der Waals surface area contributed by atoms with Gasteiger partial charge < -0.3 is 14.0 Å². The number of hydrogen-bond acceptors (Lipinski definition) is 9. The van der Waals surface area contributed by atoms with Gasteiger partial charge in [0.15, 0.2) is 28.6 Å². The third-order valence-electron chi connectivity index (χ3n) is 3.88. The van der Waals surface area contributed by atoms with Crippen molar-refractivity contribution in [3.8, 4) is 11.5 Å². The number of aromatic nitrogens is 5. The first-order chi connectivity index (χ1) is 14.0. The number of nitrogens with zero attached hydrogens (tertiary/aromatic N) is 5. The highest BCUT2D eigenvalue weighted by Gasteiger charge is 2.23. The van der Waals surface area contributed by atoms with E-state index in [1.165, 1.54) is 23.1 Å². The van der Waals surface area contributed by atoms with Gasteiger partial charge in [0.1, 0.15) is 5.51 Å². The second-order valence-electron chi connectivity index (χ2n) is 6.30. The maximum atomic E-state index is 12.1. The number of nitrogens with one attached hydrogen (secondary N) is 1. The summed E-state index contributed by atoms with van der Waals surface area (Å²) < 4.78 is 13.4. The van der Waals surface area contributed by atoms with E-state index in [9.17, 15) is 4.79 Å². The summed E-state index contributed by atoms with van der Waals surface area (Å²) in [5.41, 5.74) is 1.56. The van der Waals surface area contributed by atoms with Crippen molar-refractivity contribution in [2.24, 2.45) is 0 Å². The Hall–Kier alpha value is -2.66. The third-order valence-corrected chi connectivity index (χ3v) is 5.43. The molecule has 0 radical (unpaired) electrons. The molecule has 11 heteroatoms. The monoisotopic (exact) mass is 434 g/mol. The van der Waals surface area contributed by atoms with Crippen molar-refractivity contribution in [2.75, 3.05) is 18.2 Å². The van der Waals surface area contributed by atoms with E-state index in [0.29, 0.717) is 27.6 Å². The number of rotatable bonds is 9. The number of anilines is 1. The van der Waals surface area contributed by atoms with Gasteiger partial charge in [-0.15, -0.1) is 20.4 Å². The number of ether oxygens (including phenoxy) is 2.